The summed E-state index contributed by atoms with van der Waals surface area (Å²) in [4.78, 5) is 26.8. The standard InChI is InChI=1S/C19H26N2O4/c1-24-11-10-21-8-6-14(7-9-21)13-20-18(22)17-12-15-4-2-3-5-16(15)19(23)25-17/h2-5,14,17H,6-13H2,1H3,(H,20,22)/t17-/m1/s1. The highest BCUT2D eigenvalue weighted by Gasteiger charge is 2.31. The van der Waals surface area contributed by atoms with Crippen LogP contribution in [0.15, 0.2) is 24.3 Å². The first-order valence-electron chi connectivity index (χ1n) is 8.95. The molecule has 1 aromatic rings. The van der Waals surface area contributed by atoms with Crippen LogP contribution in [0, 0.1) is 5.92 Å². The first-order valence-corrected chi connectivity index (χ1v) is 8.95. The highest BCUT2D eigenvalue weighted by molar-refractivity contribution is 5.95. The van der Waals surface area contributed by atoms with E-state index in [9.17, 15) is 9.59 Å². The maximum atomic E-state index is 12.4. The minimum atomic E-state index is -0.718. The number of piperidine rings is 1. The van der Waals surface area contributed by atoms with Gasteiger partial charge in [-0.25, -0.2) is 4.79 Å². The van der Waals surface area contributed by atoms with Crippen molar-refractivity contribution in [2.24, 2.45) is 5.92 Å². The minimum absolute atomic E-state index is 0.190. The Bertz CT molecular complexity index is 611. The lowest BCUT2D eigenvalue weighted by Crippen LogP contribution is -2.45. The lowest BCUT2D eigenvalue weighted by atomic mass is 9.96. The third kappa shape index (κ3) is 4.58. The van der Waals surface area contributed by atoms with Gasteiger partial charge in [-0.15, -0.1) is 0 Å². The van der Waals surface area contributed by atoms with Gasteiger partial charge in [0.15, 0.2) is 6.10 Å². The van der Waals surface area contributed by atoms with Crippen LogP contribution in [0.1, 0.15) is 28.8 Å². The number of fused-ring (bicyclic) bond motifs is 1. The van der Waals surface area contributed by atoms with E-state index < -0.39 is 12.1 Å². The van der Waals surface area contributed by atoms with E-state index in [0.717, 1.165) is 44.6 Å². The van der Waals surface area contributed by atoms with Gasteiger partial charge in [0.2, 0.25) is 0 Å². The van der Waals surface area contributed by atoms with Gasteiger partial charge in [-0.1, -0.05) is 18.2 Å². The van der Waals surface area contributed by atoms with Crippen molar-refractivity contribution in [1.82, 2.24) is 10.2 Å². The molecule has 0 unspecified atom stereocenters. The van der Waals surface area contributed by atoms with E-state index in [2.05, 4.69) is 10.2 Å². The van der Waals surface area contributed by atoms with Gasteiger partial charge in [0.25, 0.3) is 5.91 Å². The summed E-state index contributed by atoms with van der Waals surface area (Å²) in [5.74, 6) is -0.118. The summed E-state index contributed by atoms with van der Waals surface area (Å²) in [6.45, 7) is 4.45. The fraction of sp³-hybridized carbons (Fsp3) is 0.579. The summed E-state index contributed by atoms with van der Waals surface area (Å²) in [6, 6.07) is 7.30. The lowest BCUT2D eigenvalue weighted by molar-refractivity contribution is -0.130. The van der Waals surface area contributed by atoms with E-state index in [0.29, 0.717) is 24.4 Å². The van der Waals surface area contributed by atoms with Crippen molar-refractivity contribution in [3.05, 3.63) is 35.4 Å². The summed E-state index contributed by atoms with van der Waals surface area (Å²) in [6.07, 6.45) is 1.86. The number of esters is 1. The lowest BCUT2D eigenvalue weighted by Gasteiger charge is -2.32. The Hall–Kier alpha value is -1.92. The van der Waals surface area contributed by atoms with Crippen LogP contribution in [0.5, 0.6) is 0 Å². The number of likely N-dealkylation sites (tertiary alicyclic amines) is 1. The number of nitrogens with one attached hydrogen (secondary N) is 1. The molecule has 2 aliphatic heterocycles. The van der Waals surface area contributed by atoms with Crippen molar-refractivity contribution in [3.63, 3.8) is 0 Å². The number of hydrogen-bond donors (Lipinski definition) is 1. The molecule has 0 spiro atoms. The number of carbonyl (C=O) groups is 2. The molecule has 0 radical (unpaired) electrons. The topological polar surface area (TPSA) is 67.9 Å². The maximum Gasteiger partial charge on any atom is 0.339 e. The summed E-state index contributed by atoms with van der Waals surface area (Å²) >= 11 is 0. The van der Waals surface area contributed by atoms with Crippen molar-refractivity contribution in [2.75, 3.05) is 39.9 Å². The van der Waals surface area contributed by atoms with Crippen LogP contribution >= 0.6 is 0 Å². The van der Waals surface area contributed by atoms with Gasteiger partial charge in [-0.05, 0) is 43.5 Å². The zero-order chi connectivity index (χ0) is 17.6. The molecule has 1 saturated heterocycles. The first-order chi connectivity index (χ1) is 12.2. The summed E-state index contributed by atoms with van der Waals surface area (Å²) in [5.41, 5.74) is 1.44. The number of carbonyl (C=O) groups excluding carboxylic acids is 2. The quantitative estimate of drug-likeness (QED) is 0.785. The number of ether oxygens (including phenoxy) is 2. The summed E-state index contributed by atoms with van der Waals surface area (Å²) < 4.78 is 10.4. The van der Waals surface area contributed by atoms with Crippen molar-refractivity contribution in [2.45, 2.75) is 25.4 Å². The Kier molecular flexibility index (Phi) is 6.04. The second kappa shape index (κ2) is 8.45. The van der Waals surface area contributed by atoms with Crippen molar-refractivity contribution < 1.29 is 19.1 Å². The average Bonchev–Trinajstić information content (AvgIpc) is 2.65. The number of methoxy groups -OCH3 is 1. The molecule has 1 atom stereocenters. The normalized spacial score (nSPS) is 21.5. The van der Waals surface area contributed by atoms with Gasteiger partial charge in [-0.3, -0.25) is 4.79 Å². The van der Waals surface area contributed by atoms with Gasteiger partial charge in [0.1, 0.15) is 0 Å². The van der Waals surface area contributed by atoms with Crippen LogP contribution in [0.2, 0.25) is 0 Å². The maximum absolute atomic E-state index is 12.4. The van der Waals surface area contributed by atoms with E-state index in [-0.39, 0.29) is 5.91 Å². The van der Waals surface area contributed by atoms with Gasteiger partial charge in [-0.2, -0.15) is 0 Å². The second-order valence-electron chi connectivity index (χ2n) is 6.78. The van der Waals surface area contributed by atoms with Crippen LogP contribution in [0.3, 0.4) is 0 Å². The zero-order valence-corrected chi connectivity index (χ0v) is 14.7. The Balaban J connectivity index is 1.44. The third-order valence-electron chi connectivity index (χ3n) is 5.07. The molecular weight excluding hydrogens is 320 g/mol. The number of rotatable bonds is 6. The smallest absolute Gasteiger partial charge is 0.339 e. The molecular formula is C19H26N2O4. The molecule has 0 aromatic heterocycles. The largest absolute Gasteiger partial charge is 0.448 e. The number of cyclic esters (lactones) is 1. The van der Waals surface area contributed by atoms with Crippen molar-refractivity contribution in [3.8, 4) is 0 Å². The fourth-order valence-electron chi connectivity index (χ4n) is 3.47. The second-order valence-corrected chi connectivity index (χ2v) is 6.78. The molecule has 6 heteroatoms. The first kappa shape index (κ1) is 17.9. The van der Waals surface area contributed by atoms with Crippen LogP contribution in [0.25, 0.3) is 0 Å². The monoisotopic (exact) mass is 346 g/mol. The Morgan fingerprint density at radius 3 is 2.84 bits per heavy atom. The molecule has 6 nitrogen and oxygen atoms in total. The van der Waals surface area contributed by atoms with Crippen molar-refractivity contribution >= 4 is 11.9 Å². The number of benzene rings is 1. The third-order valence-corrected chi connectivity index (χ3v) is 5.07. The van der Waals surface area contributed by atoms with E-state index in [1.807, 2.05) is 12.1 Å². The molecule has 3 rings (SSSR count). The molecule has 2 aliphatic rings. The van der Waals surface area contributed by atoms with Gasteiger partial charge in [0, 0.05) is 26.6 Å². The molecule has 1 fully saturated rings. The van der Waals surface area contributed by atoms with Gasteiger partial charge in [0.05, 0.1) is 12.2 Å². The summed E-state index contributed by atoms with van der Waals surface area (Å²) in [7, 11) is 1.72. The predicted octanol–water partition coefficient (Wildman–Crippen LogP) is 1.24. The van der Waals surface area contributed by atoms with Crippen molar-refractivity contribution in [1.29, 1.82) is 0 Å². The molecule has 0 aliphatic carbocycles. The van der Waals surface area contributed by atoms with Crippen LogP contribution in [-0.2, 0) is 20.7 Å². The molecule has 1 aromatic carbocycles. The van der Waals surface area contributed by atoms with Gasteiger partial charge < -0.3 is 19.7 Å². The number of nitrogens with zero attached hydrogens (tertiary/aromatic N) is 1. The Labute approximate surface area is 148 Å². The van der Waals surface area contributed by atoms with E-state index in [4.69, 9.17) is 9.47 Å². The molecule has 2 heterocycles. The predicted molar refractivity (Wildman–Crippen MR) is 93.4 cm³/mol. The molecule has 1 amide bonds. The van der Waals surface area contributed by atoms with E-state index >= 15 is 0 Å². The van der Waals surface area contributed by atoms with Gasteiger partial charge >= 0.3 is 5.97 Å². The van der Waals surface area contributed by atoms with Crippen LogP contribution in [-0.4, -0.2) is 62.8 Å². The molecule has 136 valence electrons. The summed E-state index contributed by atoms with van der Waals surface area (Å²) in [5, 5.41) is 2.97. The molecule has 25 heavy (non-hydrogen) atoms. The minimum Gasteiger partial charge on any atom is -0.448 e. The Morgan fingerprint density at radius 2 is 2.08 bits per heavy atom. The molecule has 0 bridgehead atoms. The highest BCUT2D eigenvalue weighted by Crippen LogP contribution is 2.21. The Morgan fingerprint density at radius 1 is 1.32 bits per heavy atom. The highest BCUT2D eigenvalue weighted by atomic mass is 16.5. The molecule has 1 N–H and O–H groups in total. The fourth-order valence-corrected chi connectivity index (χ4v) is 3.47. The van der Waals surface area contributed by atoms with E-state index in [1.165, 1.54) is 0 Å². The zero-order valence-electron chi connectivity index (χ0n) is 14.7. The van der Waals surface area contributed by atoms with E-state index in [1.54, 1.807) is 19.2 Å². The van der Waals surface area contributed by atoms with Crippen LogP contribution in [0.4, 0.5) is 0 Å². The van der Waals surface area contributed by atoms with Crippen LogP contribution < -0.4 is 5.32 Å². The molecule has 0 saturated carbocycles. The average molecular weight is 346 g/mol. The number of amides is 1. The number of hydrogen-bond acceptors (Lipinski definition) is 5. The SMILES string of the molecule is COCCN1CCC(CNC(=O)[C@H]2Cc3ccccc3C(=O)O2)CC1.